The van der Waals surface area contributed by atoms with Crippen LogP contribution < -0.4 is 5.32 Å². The number of fused-ring (bicyclic) bond motifs is 1. The average molecular weight is 408 g/mol. The number of aromatic nitrogens is 2. The first kappa shape index (κ1) is 18.8. The fourth-order valence-electron chi connectivity index (χ4n) is 2.15. The van der Waals surface area contributed by atoms with Gasteiger partial charge in [0.25, 0.3) is 0 Å². The molecule has 1 aromatic carbocycles. The predicted molar refractivity (Wildman–Crippen MR) is 106 cm³/mol. The van der Waals surface area contributed by atoms with Crippen LogP contribution in [0.2, 0.25) is 0 Å². The van der Waals surface area contributed by atoms with Crippen LogP contribution in [0.15, 0.2) is 28.6 Å². The SMILES string of the molecule is CCOC(=O)c1sc(NC(=O)[C@@H](C)Sc2nc3ccccc3s2)nc1C. The van der Waals surface area contributed by atoms with Crippen molar-refractivity contribution in [3.63, 3.8) is 0 Å². The number of rotatable bonds is 6. The van der Waals surface area contributed by atoms with E-state index in [1.165, 1.54) is 11.8 Å². The summed E-state index contributed by atoms with van der Waals surface area (Å²) in [4.78, 5) is 33.5. The third-order valence-corrected chi connectivity index (χ3v) is 6.69. The molecule has 2 aromatic heterocycles. The fourth-order valence-corrected chi connectivity index (χ4v) is 5.22. The summed E-state index contributed by atoms with van der Waals surface area (Å²) in [5.41, 5.74) is 1.48. The Morgan fingerprint density at radius 3 is 2.77 bits per heavy atom. The monoisotopic (exact) mass is 407 g/mol. The molecule has 0 fully saturated rings. The first-order valence-corrected chi connectivity index (χ1v) is 10.5. The molecule has 6 nitrogen and oxygen atoms in total. The number of thioether (sulfide) groups is 1. The van der Waals surface area contributed by atoms with Gasteiger partial charge in [0.05, 0.1) is 27.8 Å². The van der Waals surface area contributed by atoms with Gasteiger partial charge < -0.3 is 10.1 Å². The highest BCUT2D eigenvalue weighted by Gasteiger charge is 2.21. The summed E-state index contributed by atoms with van der Waals surface area (Å²) in [5.74, 6) is -0.599. The number of carbonyl (C=O) groups excluding carboxylic acids is 2. The van der Waals surface area contributed by atoms with Crippen molar-refractivity contribution < 1.29 is 14.3 Å². The lowest BCUT2D eigenvalue weighted by molar-refractivity contribution is -0.115. The molecule has 0 spiro atoms. The van der Waals surface area contributed by atoms with Crippen molar-refractivity contribution in [1.29, 1.82) is 0 Å². The van der Waals surface area contributed by atoms with Crippen molar-refractivity contribution in [3.8, 4) is 0 Å². The first-order chi connectivity index (χ1) is 12.5. The molecule has 0 saturated heterocycles. The second kappa shape index (κ2) is 8.15. The van der Waals surface area contributed by atoms with Crippen molar-refractivity contribution in [2.24, 2.45) is 0 Å². The molecule has 0 unspecified atom stereocenters. The zero-order valence-electron chi connectivity index (χ0n) is 14.4. The Hall–Kier alpha value is -1.97. The molecule has 3 rings (SSSR count). The largest absolute Gasteiger partial charge is 0.462 e. The molecule has 0 saturated carbocycles. The minimum atomic E-state index is -0.417. The summed E-state index contributed by atoms with van der Waals surface area (Å²) < 4.78 is 6.93. The van der Waals surface area contributed by atoms with Gasteiger partial charge in [-0.05, 0) is 32.9 Å². The number of carbonyl (C=O) groups is 2. The van der Waals surface area contributed by atoms with Crippen molar-refractivity contribution in [3.05, 3.63) is 34.8 Å². The van der Waals surface area contributed by atoms with Gasteiger partial charge in [-0.3, -0.25) is 4.79 Å². The lowest BCUT2D eigenvalue weighted by Gasteiger charge is -2.08. The summed E-state index contributed by atoms with van der Waals surface area (Å²) in [6.45, 7) is 5.59. The number of hydrogen-bond acceptors (Lipinski definition) is 8. The molecular weight excluding hydrogens is 390 g/mol. The summed E-state index contributed by atoms with van der Waals surface area (Å²) in [6, 6.07) is 7.88. The highest BCUT2D eigenvalue weighted by atomic mass is 32.2. The van der Waals surface area contributed by atoms with Crippen LogP contribution >= 0.6 is 34.4 Å². The van der Waals surface area contributed by atoms with Crippen molar-refractivity contribution in [1.82, 2.24) is 9.97 Å². The van der Waals surface area contributed by atoms with Gasteiger partial charge in [-0.15, -0.1) is 11.3 Å². The van der Waals surface area contributed by atoms with Gasteiger partial charge in [0, 0.05) is 0 Å². The van der Waals surface area contributed by atoms with Gasteiger partial charge in [0.1, 0.15) is 4.88 Å². The van der Waals surface area contributed by atoms with Crippen LogP contribution in [0.3, 0.4) is 0 Å². The van der Waals surface area contributed by atoms with E-state index in [-0.39, 0.29) is 11.2 Å². The Labute approximate surface area is 163 Å². The zero-order chi connectivity index (χ0) is 18.7. The number of thiazole rings is 2. The molecular formula is C17H17N3O3S3. The molecule has 0 aliphatic rings. The van der Waals surface area contributed by atoms with Crippen LogP contribution in [0.4, 0.5) is 5.13 Å². The van der Waals surface area contributed by atoms with E-state index in [0.29, 0.717) is 22.3 Å². The summed E-state index contributed by atoms with van der Waals surface area (Å²) in [7, 11) is 0. The van der Waals surface area contributed by atoms with E-state index >= 15 is 0 Å². The van der Waals surface area contributed by atoms with E-state index in [4.69, 9.17) is 4.74 Å². The Kier molecular flexibility index (Phi) is 5.90. The minimum Gasteiger partial charge on any atom is -0.462 e. The summed E-state index contributed by atoms with van der Waals surface area (Å²) in [6.07, 6.45) is 0. The molecule has 2 heterocycles. The molecule has 0 aliphatic carbocycles. The normalized spacial score (nSPS) is 12.1. The standard InChI is InChI=1S/C17H17N3O3S3/c1-4-23-15(22)13-9(2)18-16(26-13)20-14(21)10(3)24-17-19-11-7-5-6-8-12(11)25-17/h5-8,10H,4H2,1-3H3,(H,18,20,21)/t10-/m1/s1. The molecule has 0 bridgehead atoms. The number of amides is 1. The second-order valence-electron chi connectivity index (χ2n) is 5.35. The fraction of sp³-hybridized carbons (Fsp3) is 0.294. The molecule has 3 aromatic rings. The topological polar surface area (TPSA) is 81.2 Å². The van der Waals surface area contributed by atoms with Crippen LogP contribution in [0.25, 0.3) is 10.2 Å². The maximum Gasteiger partial charge on any atom is 0.350 e. The number of ether oxygens (including phenoxy) is 1. The number of nitrogens with one attached hydrogen (secondary N) is 1. The van der Waals surface area contributed by atoms with Crippen LogP contribution in [0, 0.1) is 6.92 Å². The Balaban J connectivity index is 1.65. The minimum absolute atomic E-state index is 0.182. The number of aryl methyl sites for hydroxylation is 1. The number of nitrogens with zero attached hydrogens (tertiary/aromatic N) is 2. The van der Waals surface area contributed by atoms with E-state index in [1.807, 2.05) is 31.2 Å². The van der Waals surface area contributed by atoms with Gasteiger partial charge in [-0.2, -0.15) is 0 Å². The smallest absolute Gasteiger partial charge is 0.350 e. The zero-order valence-corrected chi connectivity index (χ0v) is 16.9. The first-order valence-electron chi connectivity index (χ1n) is 7.95. The third-order valence-electron chi connectivity index (χ3n) is 3.41. The van der Waals surface area contributed by atoms with Crippen molar-refractivity contribution >= 4 is 61.7 Å². The molecule has 1 amide bonds. The van der Waals surface area contributed by atoms with Crippen molar-refractivity contribution in [2.45, 2.75) is 30.4 Å². The Morgan fingerprint density at radius 2 is 2.04 bits per heavy atom. The maximum atomic E-state index is 12.4. The highest BCUT2D eigenvalue weighted by Crippen LogP contribution is 2.32. The van der Waals surface area contributed by atoms with Gasteiger partial charge >= 0.3 is 5.97 Å². The molecule has 0 aliphatic heterocycles. The van der Waals surface area contributed by atoms with Crippen LogP contribution in [0.5, 0.6) is 0 Å². The number of benzene rings is 1. The molecule has 9 heteroatoms. The number of para-hydroxylation sites is 1. The molecule has 1 N–H and O–H groups in total. The van der Waals surface area contributed by atoms with Crippen LogP contribution in [-0.4, -0.2) is 33.7 Å². The molecule has 26 heavy (non-hydrogen) atoms. The third kappa shape index (κ3) is 4.22. The Morgan fingerprint density at radius 1 is 1.27 bits per heavy atom. The van der Waals surface area contributed by atoms with Crippen molar-refractivity contribution in [2.75, 3.05) is 11.9 Å². The van der Waals surface area contributed by atoms with Gasteiger partial charge in [0.15, 0.2) is 9.47 Å². The molecule has 136 valence electrons. The van der Waals surface area contributed by atoms with E-state index in [1.54, 1.807) is 25.2 Å². The molecule has 0 radical (unpaired) electrons. The van der Waals surface area contributed by atoms with Crippen LogP contribution in [0.1, 0.15) is 29.2 Å². The van der Waals surface area contributed by atoms with Crippen LogP contribution in [-0.2, 0) is 9.53 Å². The lowest BCUT2D eigenvalue weighted by Crippen LogP contribution is -2.22. The highest BCUT2D eigenvalue weighted by molar-refractivity contribution is 8.02. The number of anilines is 1. The quantitative estimate of drug-likeness (QED) is 0.483. The van der Waals surface area contributed by atoms with Gasteiger partial charge in [-0.1, -0.05) is 35.2 Å². The van der Waals surface area contributed by atoms with E-state index in [2.05, 4.69) is 15.3 Å². The second-order valence-corrected chi connectivity index (χ2v) is 8.97. The van der Waals surface area contributed by atoms with E-state index < -0.39 is 5.97 Å². The number of esters is 1. The van der Waals surface area contributed by atoms with E-state index in [9.17, 15) is 9.59 Å². The molecule has 1 atom stereocenters. The predicted octanol–water partition coefficient (Wildman–Crippen LogP) is 4.36. The van der Waals surface area contributed by atoms with E-state index in [0.717, 1.165) is 25.9 Å². The lowest BCUT2D eigenvalue weighted by atomic mass is 10.3. The Bertz CT molecular complexity index is 918. The summed E-state index contributed by atoms with van der Waals surface area (Å²) in [5, 5.41) is 2.82. The number of hydrogen-bond donors (Lipinski definition) is 1. The van der Waals surface area contributed by atoms with Gasteiger partial charge in [-0.25, -0.2) is 14.8 Å². The maximum absolute atomic E-state index is 12.4. The summed E-state index contributed by atoms with van der Waals surface area (Å²) >= 11 is 4.09. The average Bonchev–Trinajstić information content (AvgIpc) is 3.17. The van der Waals surface area contributed by atoms with Gasteiger partial charge in [0.2, 0.25) is 5.91 Å².